The van der Waals surface area contributed by atoms with Crippen molar-refractivity contribution in [3.05, 3.63) is 29.8 Å². The van der Waals surface area contributed by atoms with Crippen molar-refractivity contribution in [1.82, 2.24) is 10.6 Å². The van der Waals surface area contributed by atoms with Crippen LogP contribution < -0.4 is 15.4 Å². The van der Waals surface area contributed by atoms with E-state index in [4.69, 9.17) is 4.74 Å². The Bertz CT molecular complexity index is 407. The predicted molar refractivity (Wildman–Crippen MR) is 70.6 cm³/mol. The number of amides is 1. The largest absolute Gasteiger partial charge is 0.493 e. The highest BCUT2D eigenvalue weighted by Gasteiger charge is 2.19. The molecule has 1 aliphatic rings. The molecule has 4 nitrogen and oxygen atoms in total. The lowest BCUT2D eigenvalue weighted by Crippen LogP contribution is -2.30. The average molecular weight is 248 g/mol. The quantitative estimate of drug-likeness (QED) is 0.779. The van der Waals surface area contributed by atoms with E-state index in [1.54, 1.807) is 6.92 Å². The Morgan fingerprint density at radius 3 is 3.06 bits per heavy atom. The molecule has 98 valence electrons. The molecule has 1 aromatic rings. The predicted octanol–water partition coefficient (Wildman–Crippen LogP) is 1.63. The maximum atomic E-state index is 10.7. The van der Waals surface area contributed by atoms with Gasteiger partial charge in [0, 0.05) is 31.5 Å². The van der Waals surface area contributed by atoms with Crippen molar-refractivity contribution in [2.24, 2.45) is 0 Å². The molecular weight excluding hydrogens is 228 g/mol. The second kappa shape index (κ2) is 6.40. The monoisotopic (exact) mass is 248 g/mol. The van der Waals surface area contributed by atoms with Crippen LogP contribution in [0.15, 0.2) is 24.3 Å². The van der Waals surface area contributed by atoms with Crippen molar-refractivity contribution in [3.8, 4) is 5.75 Å². The van der Waals surface area contributed by atoms with Crippen LogP contribution >= 0.6 is 0 Å². The van der Waals surface area contributed by atoms with E-state index in [-0.39, 0.29) is 5.91 Å². The van der Waals surface area contributed by atoms with E-state index >= 15 is 0 Å². The van der Waals surface area contributed by atoms with Crippen LogP contribution in [0.1, 0.15) is 31.4 Å². The van der Waals surface area contributed by atoms with E-state index < -0.39 is 0 Å². The van der Waals surface area contributed by atoms with Crippen LogP contribution in [0.5, 0.6) is 5.75 Å². The maximum absolute atomic E-state index is 10.7. The Kier molecular flexibility index (Phi) is 4.59. The second-order valence-electron chi connectivity index (χ2n) is 4.52. The van der Waals surface area contributed by atoms with Gasteiger partial charge in [0.05, 0.1) is 6.61 Å². The van der Waals surface area contributed by atoms with E-state index in [9.17, 15) is 4.79 Å². The molecular formula is C14H20N2O2. The third kappa shape index (κ3) is 3.47. The molecule has 1 aliphatic heterocycles. The number of carbonyl (C=O) groups excluding carboxylic acids is 1. The minimum atomic E-state index is 0.0337. The van der Waals surface area contributed by atoms with E-state index in [1.165, 1.54) is 5.56 Å². The first-order valence-corrected chi connectivity index (χ1v) is 6.47. The van der Waals surface area contributed by atoms with Gasteiger partial charge in [-0.15, -0.1) is 0 Å². The van der Waals surface area contributed by atoms with Gasteiger partial charge in [-0.2, -0.15) is 0 Å². The number of carbonyl (C=O) groups is 1. The summed E-state index contributed by atoms with van der Waals surface area (Å²) in [5.74, 6) is 1.02. The SMILES string of the molecule is CC(=O)NCCCNC1CCOc2ccccc21. The summed E-state index contributed by atoms with van der Waals surface area (Å²) in [4.78, 5) is 10.7. The van der Waals surface area contributed by atoms with Crippen LogP contribution in [0.4, 0.5) is 0 Å². The molecule has 4 heteroatoms. The van der Waals surface area contributed by atoms with Crippen LogP contribution in [0.2, 0.25) is 0 Å². The van der Waals surface area contributed by atoms with E-state index in [2.05, 4.69) is 16.7 Å². The highest BCUT2D eigenvalue weighted by Crippen LogP contribution is 2.31. The van der Waals surface area contributed by atoms with Gasteiger partial charge in [0.2, 0.25) is 5.91 Å². The fourth-order valence-corrected chi connectivity index (χ4v) is 2.18. The molecule has 0 aromatic heterocycles. The smallest absolute Gasteiger partial charge is 0.216 e. The van der Waals surface area contributed by atoms with Gasteiger partial charge in [0.15, 0.2) is 0 Å². The summed E-state index contributed by atoms with van der Waals surface area (Å²) in [5, 5.41) is 6.32. The molecule has 1 unspecified atom stereocenters. The standard InChI is InChI=1S/C14H20N2O2/c1-11(17)15-8-4-9-16-13-7-10-18-14-6-3-2-5-12(13)14/h2-3,5-6,13,16H,4,7-10H2,1H3,(H,15,17). The van der Waals surface area contributed by atoms with E-state index in [1.807, 2.05) is 18.2 Å². The first-order chi connectivity index (χ1) is 8.77. The normalized spacial score (nSPS) is 17.7. The van der Waals surface area contributed by atoms with Gasteiger partial charge in [-0.25, -0.2) is 0 Å². The zero-order valence-corrected chi connectivity index (χ0v) is 10.7. The number of benzene rings is 1. The number of rotatable bonds is 5. The Labute approximate surface area is 108 Å². The van der Waals surface area contributed by atoms with Gasteiger partial charge in [0.25, 0.3) is 0 Å². The molecule has 2 rings (SSSR count). The summed E-state index contributed by atoms with van der Waals surface area (Å²) in [6.45, 7) is 3.94. The van der Waals surface area contributed by atoms with Crippen LogP contribution in [0.3, 0.4) is 0 Å². The van der Waals surface area contributed by atoms with Crippen molar-refractivity contribution in [2.75, 3.05) is 19.7 Å². The van der Waals surface area contributed by atoms with Crippen LogP contribution in [0, 0.1) is 0 Å². The Hall–Kier alpha value is -1.55. The molecule has 0 aliphatic carbocycles. The molecule has 18 heavy (non-hydrogen) atoms. The highest BCUT2D eigenvalue weighted by molar-refractivity contribution is 5.72. The minimum Gasteiger partial charge on any atom is -0.493 e. The fraction of sp³-hybridized carbons (Fsp3) is 0.500. The molecule has 0 bridgehead atoms. The van der Waals surface area contributed by atoms with Crippen molar-refractivity contribution >= 4 is 5.91 Å². The molecule has 1 heterocycles. The lowest BCUT2D eigenvalue weighted by molar-refractivity contribution is -0.118. The summed E-state index contributed by atoms with van der Waals surface area (Å²) >= 11 is 0. The minimum absolute atomic E-state index is 0.0337. The van der Waals surface area contributed by atoms with E-state index in [0.717, 1.165) is 38.3 Å². The van der Waals surface area contributed by atoms with Crippen molar-refractivity contribution < 1.29 is 9.53 Å². The van der Waals surface area contributed by atoms with Crippen molar-refractivity contribution in [3.63, 3.8) is 0 Å². The summed E-state index contributed by atoms with van der Waals surface area (Å²) in [7, 11) is 0. The van der Waals surface area contributed by atoms with Crippen molar-refractivity contribution in [2.45, 2.75) is 25.8 Å². The van der Waals surface area contributed by atoms with Crippen LogP contribution in [0.25, 0.3) is 0 Å². The average Bonchev–Trinajstić information content (AvgIpc) is 2.38. The highest BCUT2D eigenvalue weighted by atomic mass is 16.5. The van der Waals surface area contributed by atoms with Gasteiger partial charge in [-0.1, -0.05) is 18.2 Å². The van der Waals surface area contributed by atoms with Crippen LogP contribution in [-0.2, 0) is 4.79 Å². The number of para-hydroxylation sites is 1. The maximum Gasteiger partial charge on any atom is 0.216 e. The molecule has 0 saturated carbocycles. The third-order valence-corrected chi connectivity index (χ3v) is 3.08. The Morgan fingerprint density at radius 1 is 1.39 bits per heavy atom. The number of nitrogens with one attached hydrogen (secondary N) is 2. The number of fused-ring (bicyclic) bond motifs is 1. The van der Waals surface area contributed by atoms with E-state index in [0.29, 0.717) is 6.04 Å². The summed E-state index contributed by atoms with van der Waals surface area (Å²) in [6.07, 6.45) is 1.94. The molecule has 0 radical (unpaired) electrons. The molecule has 1 aromatic carbocycles. The van der Waals surface area contributed by atoms with Crippen LogP contribution in [-0.4, -0.2) is 25.6 Å². The lowest BCUT2D eigenvalue weighted by Gasteiger charge is -2.26. The zero-order valence-electron chi connectivity index (χ0n) is 10.7. The molecule has 1 atom stereocenters. The van der Waals surface area contributed by atoms with Gasteiger partial charge >= 0.3 is 0 Å². The van der Waals surface area contributed by atoms with Gasteiger partial charge in [-0.05, 0) is 19.0 Å². The fourth-order valence-electron chi connectivity index (χ4n) is 2.18. The van der Waals surface area contributed by atoms with Crippen molar-refractivity contribution in [1.29, 1.82) is 0 Å². The molecule has 0 saturated heterocycles. The first kappa shape index (κ1) is 12.9. The topological polar surface area (TPSA) is 50.4 Å². The number of ether oxygens (including phenoxy) is 1. The molecule has 2 N–H and O–H groups in total. The first-order valence-electron chi connectivity index (χ1n) is 6.47. The molecule has 1 amide bonds. The van der Waals surface area contributed by atoms with Gasteiger partial charge in [0.1, 0.15) is 5.75 Å². The zero-order chi connectivity index (χ0) is 12.8. The third-order valence-electron chi connectivity index (χ3n) is 3.08. The molecule has 0 fully saturated rings. The summed E-state index contributed by atoms with van der Waals surface area (Å²) < 4.78 is 5.62. The molecule has 0 spiro atoms. The number of hydrogen-bond donors (Lipinski definition) is 2. The Balaban J connectivity index is 1.79. The number of hydrogen-bond acceptors (Lipinski definition) is 3. The van der Waals surface area contributed by atoms with Gasteiger partial charge < -0.3 is 15.4 Å². The summed E-state index contributed by atoms with van der Waals surface area (Å²) in [5.41, 5.74) is 1.24. The summed E-state index contributed by atoms with van der Waals surface area (Å²) in [6, 6.07) is 8.53. The second-order valence-corrected chi connectivity index (χ2v) is 4.52. The Morgan fingerprint density at radius 2 is 2.22 bits per heavy atom. The lowest BCUT2D eigenvalue weighted by atomic mass is 10.0. The van der Waals surface area contributed by atoms with Gasteiger partial charge in [-0.3, -0.25) is 4.79 Å².